The van der Waals surface area contributed by atoms with Crippen LogP contribution in [0, 0.1) is 13.8 Å². The fourth-order valence-corrected chi connectivity index (χ4v) is 2.35. The third-order valence-corrected chi connectivity index (χ3v) is 3.59. The van der Waals surface area contributed by atoms with E-state index in [1.54, 1.807) is 11.3 Å². The van der Waals surface area contributed by atoms with E-state index >= 15 is 0 Å². The van der Waals surface area contributed by atoms with Crippen LogP contribution in [0.1, 0.15) is 16.1 Å². The summed E-state index contributed by atoms with van der Waals surface area (Å²) in [6, 6.07) is 10.5. The number of rotatable bonds is 4. The Kier molecular flexibility index (Phi) is 3.57. The number of aryl methyl sites for hydroxylation is 2. The lowest BCUT2D eigenvalue weighted by Gasteiger charge is -2.02. The molecule has 0 saturated heterocycles. The first-order valence-corrected chi connectivity index (χ1v) is 6.29. The normalized spacial score (nSPS) is 10.4. The molecule has 0 amide bonds. The topological polar surface area (TPSA) is 24.9 Å². The zero-order valence-corrected chi connectivity index (χ0v) is 10.5. The number of aromatic nitrogens is 1. The Bertz CT molecular complexity index is 429. The van der Waals surface area contributed by atoms with Crippen LogP contribution in [-0.4, -0.2) is 11.5 Å². The van der Waals surface area contributed by atoms with Gasteiger partial charge in [-0.2, -0.15) is 0 Å². The van der Waals surface area contributed by atoms with Gasteiger partial charge < -0.3 is 5.32 Å². The number of hydrogen-bond donors (Lipinski definition) is 1. The summed E-state index contributed by atoms with van der Waals surface area (Å²) in [4.78, 5) is 5.74. The highest BCUT2D eigenvalue weighted by Crippen LogP contribution is 2.20. The van der Waals surface area contributed by atoms with Crippen LogP contribution >= 0.6 is 11.3 Å². The Morgan fingerprint density at radius 1 is 1.19 bits per heavy atom. The summed E-state index contributed by atoms with van der Waals surface area (Å²) >= 11 is 1.73. The number of benzene rings is 1. The molecule has 1 aromatic carbocycles. The van der Waals surface area contributed by atoms with Crippen molar-refractivity contribution < 1.29 is 0 Å². The van der Waals surface area contributed by atoms with E-state index in [0.29, 0.717) is 0 Å². The number of hydrogen-bond acceptors (Lipinski definition) is 3. The van der Waals surface area contributed by atoms with E-state index in [1.165, 1.54) is 10.4 Å². The van der Waals surface area contributed by atoms with Gasteiger partial charge in [0.05, 0.1) is 5.69 Å². The first-order chi connectivity index (χ1) is 7.75. The predicted octanol–water partition coefficient (Wildman–Crippen LogP) is 3.41. The van der Waals surface area contributed by atoms with Gasteiger partial charge in [0.2, 0.25) is 0 Å². The number of anilines is 1. The molecule has 0 aliphatic heterocycles. The second-order valence-electron chi connectivity index (χ2n) is 3.82. The number of nitrogens with one attached hydrogen (secondary N) is 1. The minimum Gasteiger partial charge on any atom is -0.361 e. The van der Waals surface area contributed by atoms with E-state index in [2.05, 4.69) is 41.5 Å². The summed E-state index contributed by atoms with van der Waals surface area (Å²) in [5.41, 5.74) is 2.49. The summed E-state index contributed by atoms with van der Waals surface area (Å²) in [7, 11) is 0. The van der Waals surface area contributed by atoms with Gasteiger partial charge in [0.15, 0.2) is 5.13 Å². The van der Waals surface area contributed by atoms with Gasteiger partial charge >= 0.3 is 0 Å². The van der Waals surface area contributed by atoms with Crippen molar-refractivity contribution in [3.8, 4) is 0 Å². The van der Waals surface area contributed by atoms with Crippen molar-refractivity contribution in [1.29, 1.82) is 0 Å². The molecule has 16 heavy (non-hydrogen) atoms. The fourth-order valence-electron chi connectivity index (χ4n) is 1.51. The molecule has 1 N–H and O–H groups in total. The van der Waals surface area contributed by atoms with Gasteiger partial charge in [0, 0.05) is 11.4 Å². The van der Waals surface area contributed by atoms with Crippen LogP contribution < -0.4 is 5.32 Å². The predicted molar refractivity (Wildman–Crippen MR) is 70.2 cm³/mol. The third kappa shape index (κ3) is 2.83. The molecule has 0 aliphatic carbocycles. The molecule has 0 atom stereocenters. The molecule has 0 spiro atoms. The van der Waals surface area contributed by atoms with Gasteiger partial charge in [-0.3, -0.25) is 0 Å². The molecule has 2 rings (SSSR count). The average molecular weight is 232 g/mol. The lowest BCUT2D eigenvalue weighted by molar-refractivity contribution is 1.01. The molecule has 0 unspecified atom stereocenters. The molecule has 1 heterocycles. The molecule has 0 saturated carbocycles. The molecule has 0 radical (unpaired) electrons. The molecule has 2 aromatic rings. The van der Waals surface area contributed by atoms with E-state index in [0.717, 1.165) is 23.8 Å². The molecule has 1 aromatic heterocycles. The Morgan fingerprint density at radius 2 is 1.94 bits per heavy atom. The molecule has 0 bridgehead atoms. The Balaban J connectivity index is 1.84. The molecule has 84 valence electrons. The highest BCUT2D eigenvalue weighted by molar-refractivity contribution is 7.15. The van der Waals surface area contributed by atoms with Crippen molar-refractivity contribution in [2.75, 3.05) is 11.9 Å². The smallest absolute Gasteiger partial charge is 0.183 e. The lowest BCUT2D eigenvalue weighted by Crippen LogP contribution is -2.04. The van der Waals surface area contributed by atoms with Crippen molar-refractivity contribution in [2.45, 2.75) is 20.3 Å². The van der Waals surface area contributed by atoms with Crippen molar-refractivity contribution in [3.63, 3.8) is 0 Å². The second kappa shape index (κ2) is 5.12. The van der Waals surface area contributed by atoms with Crippen LogP contribution in [-0.2, 0) is 6.42 Å². The summed E-state index contributed by atoms with van der Waals surface area (Å²) in [5, 5.41) is 4.40. The summed E-state index contributed by atoms with van der Waals surface area (Å²) in [5.74, 6) is 0. The highest BCUT2D eigenvalue weighted by Gasteiger charge is 2.02. The monoisotopic (exact) mass is 232 g/mol. The molecule has 2 nitrogen and oxygen atoms in total. The Labute approximate surface area is 100 Å². The Hall–Kier alpha value is -1.35. The number of nitrogens with zero attached hydrogens (tertiary/aromatic N) is 1. The maximum atomic E-state index is 4.45. The maximum Gasteiger partial charge on any atom is 0.183 e. The molecule has 0 fully saturated rings. The average Bonchev–Trinajstić information content (AvgIpc) is 2.60. The largest absolute Gasteiger partial charge is 0.361 e. The summed E-state index contributed by atoms with van der Waals surface area (Å²) in [6.07, 6.45) is 1.04. The van der Waals surface area contributed by atoms with E-state index in [9.17, 15) is 0 Å². The van der Waals surface area contributed by atoms with Crippen molar-refractivity contribution in [2.24, 2.45) is 0 Å². The summed E-state index contributed by atoms with van der Waals surface area (Å²) in [6.45, 7) is 5.10. The lowest BCUT2D eigenvalue weighted by atomic mass is 10.2. The maximum absolute atomic E-state index is 4.45. The van der Waals surface area contributed by atoms with Gasteiger partial charge in [-0.1, -0.05) is 30.3 Å². The van der Waals surface area contributed by atoms with Crippen LogP contribution in [0.4, 0.5) is 5.13 Å². The van der Waals surface area contributed by atoms with Gasteiger partial charge in [-0.25, -0.2) is 4.98 Å². The van der Waals surface area contributed by atoms with E-state index in [-0.39, 0.29) is 0 Å². The zero-order valence-electron chi connectivity index (χ0n) is 9.66. The van der Waals surface area contributed by atoms with E-state index in [4.69, 9.17) is 0 Å². The standard InChI is InChI=1S/C13H16N2S/c1-10-11(2)16-13(15-10)14-9-8-12-6-4-3-5-7-12/h3-7H,8-9H2,1-2H3,(H,14,15). The SMILES string of the molecule is Cc1nc(NCCc2ccccc2)sc1C. The molecule has 3 heteroatoms. The van der Waals surface area contributed by atoms with E-state index in [1.807, 2.05) is 13.0 Å². The van der Waals surface area contributed by atoms with Gasteiger partial charge in [0.25, 0.3) is 0 Å². The minimum absolute atomic E-state index is 0.941. The van der Waals surface area contributed by atoms with E-state index < -0.39 is 0 Å². The van der Waals surface area contributed by atoms with Crippen LogP contribution in [0.25, 0.3) is 0 Å². The van der Waals surface area contributed by atoms with Crippen LogP contribution in [0.3, 0.4) is 0 Å². The van der Waals surface area contributed by atoms with Crippen molar-refractivity contribution in [1.82, 2.24) is 4.98 Å². The zero-order chi connectivity index (χ0) is 11.4. The first-order valence-electron chi connectivity index (χ1n) is 5.47. The third-order valence-electron chi connectivity index (χ3n) is 2.56. The van der Waals surface area contributed by atoms with Crippen LogP contribution in [0.2, 0.25) is 0 Å². The molecule has 0 aliphatic rings. The minimum atomic E-state index is 0.941. The van der Waals surface area contributed by atoms with Gasteiger partial charge in [-0.05, 0) is 25.8 Å². The van der Waals surface area contributed by atoms with Crippen molar-refractivity contribution >= 4 is 16.5 Å². The molecular formula is C13H16N2S. The molecular weight excluding hydrogens is 216 g/mol. The van der Waals surface area contributed by atoms with Gasteiger partial charge in [-0.15, -0.1) is 11.3 Å². The second-order valence-corrected chi connectivity index (χ2v) is 5.03. The quantitative estimate of drug-likeness (QED) is 0.873. The Morgan fingerprint density at radius 3 is 2.56 bits per heavy atom. The highest BCUT2D eigenvalue weighted by atomic mass is 32.1. The summed E-state index contributed by atoms with van der Waals surface area (Å²) < 4.78 is 0. The fraction of sp³-hybridized carbons (Fsp3) is 0.308. The van der Waals surface area contributed by atoms with Gasteiger partial charge in [0.1, 0.15) is 0 Å². The number of thiazole rings is 1. The first kappa shape index (κ1) is 11.1. The van der Waals surface area contributed by atoms with Crippen LogP contribution in [0.15, 0.2) is 30.3 Å². The van der Waals surface area contributed by atoms with Crippen molar-refractivity contribution in [3.05, 3.63) is 46.5 Å². The van der Waals surface area contributed by atoms with Crippen LogP contribution in [0.5, 0.6) is 0 Å².